The molecule has 3 heterocycles. The number of furan rings is 1. The van der Waals surface area contributed by atoms with E-state index < -0.39 is 18.0 Å². The highest BCUT2D eigenvalue weighted by Crippen LogP contribution is 2.27. The molecular weight excluding hydrogens is 522 g/mol. The minimum atomic E-state index is -0.782. The zero-order valence-corrected chi connectivity index (χ0v) is 24.1. The number of amides is 4. The van der Waals surface area contributed by atoms with E-state index in [1.165, 1.54) is 0 Å². The first kappa shape index (κ1) is 30.8. The summed E-state index contributed by atoms with van der Waals surface area (Å²) < 4.78 is 10.8. The Bertz CT molecular complexity index is 1470. The topological polar surface area (TPSA) is 125 Å². The number of imide groups is 1. The Balaban J connectivity index is 0.000000241. The van der Waals surface area contributed by atoms with Gasteiger partial charge in [0.25, 0.3) is 11.8 Å². The van der Waals surface area contributed by atoms with Crippen LogP contribution in [0.2, 0.25) is 0 Å². The van der Waals surface area contributed by atoms with Crippen molar-refractivity contribution in [1.82, 2.24) is 20.9 Å². The van der Waals surface area contributed by atoms with Crippen LogP contribution in [0.25, 0.3) is 11.0 Å². The van der Waals surface area contributed by atoms with Crippen LogP contribution in [0.15, 0.2) is 76.3 Å². The third-order valence-electron chi connectivity index (χ3n) is 6.16. The number of nitrogens with one attached hydrogen (secondary N) is 3. The summed E-state index contributed by atoms with van der Waals surface area (Å²) in [6.07, 6.45) is 7.02. The fourth-order valence-corrected chi connectivity index (χ4v) is 4.20. The number of nitrogens with zero attached hydrogens (tertiary/aromatic N) is 2. The highest BCUT2D eigenvalue weighted by Gasteiger charge is 2.33. The number of urea groups is 1. The van der Waals surface area contributed by atoms with Crippen molar-refractivity contribution >= 4 is 35.0 Å². The Morgan fingerprint density at radius 2 is 1.95 bits per heavy atom. The van der Waals surface area contributed by atoms with Gasteiger partial charge in [0.2, 0.25) is 0 Å². The number of carbonyl (C=O) groups is 3. The summed E-state index contributed by atoms with van der Waals surface area (Å²) in [6, 6.07) is 11.9. The van der Waals surface area contributed by atoms with E-state index in [0.29, 0.717) is 24.3 Å². The van der Waals surface area contributed by atoms with Gasteiger partial charge in [0.15, 0.2) is 6.04 Å². The van der Waals surface area contributed by atoms with Crippen molar-refractivity contribution in [3.63, 3.8) is 0 Å². The van der Waals surface area contributed by atoms with Gasteiger partial charge in [-0.1, -0.05) is 31.7 Å². The molecule has 2 aliphatic rings. The molecule has 0 radical (unpaired) electrons. The van der Waals surface area contributed by atoms with Crippen molar-refractivity contribution in [3.05, 3.63) is 89.3 Å². The zero-order valence-electron chi connectivity index (χ0n) is 24.1. The quantitative estimate of drug-likeness (QED) is 0.222. The van der Waals surface area contributed by atoms with E-state index in [9.17, 15) is 14.4 Å². The maximum Gasteiger partial charge on any atom is 0.322 e. The molecule has 0 bridgehead atoms. The Morgan fingerprint density at radius 1 is 1.20 bits per heavy atom. The predicted octanol–water partition coefficient (Wildman–Crippen LogP) is 4.52. The first-order valence-corrected chi connectivity index (χ1v) is 13.2. The van der Waals surface area contributed by atoms with Gasteiger partial charge in [-0.15, -0.1) is 0 Å². The smallest absolute Gasteiger partial charge is 0.322 e. The number of rotatable bonds is 7. The molecule has 10 nitrogen and oxygen atoms in total. The standard InChI is InChI=1S/C19H19N3O3.C10H11NO2.C2H7N/c1-3-7-20-11-12(4-2)8-13-5-6-15-14(9-13)10-16(25-15)17-18(23)22-19(24)21-17;1-11-6-7-3-4-8(13-2)5-9(7)10(11)12;1-3-2/h4-7,9-11,17H,2-3,8H2,1H3,(H2,21,22,23,24);3-5H,6H2,1-2H3;3H,1-2H3/b12-11+,20-7?;;. The highest BCUT2D eigenvalue weighted by molar-refractivity contribution is 6.04. The fraction of sp³-hybridized carbons (Fsp3) is 0.290. The van der Waals surface area contributed by atoms with Gasteiger partial charge < -0.3 is 24.7 Å². The van der Waals surface area contributed by atoms with E-state index >= 15 is 0 Å². The third-order valence-corrected chi connectivity index (χ3v) is 6.16. The number of hydrogen-bond donors (Lipinski definition) is 3. The zero-order chi connectivity index (χ0) is 29.9. The molecule has 3 aromatic rings. The molecule has 1 atom stereocenters. The Hall–Kier alpha value is -4.70. The first-order chi connectivity index (χ1) is 19.7. The molecule has 4 amide bonds. The van der Waals surface area contributed by atoms with E-state index in [-0.39, 0.29) is 5.91 Å². The third kappa shape index (κ3) is 7.92. The van der Waals surface area contributed by atoms with Gasteiger partial charge in [-0.2, -0.15) is 0 Å². The van der Waals surface area contributed by atoms with Crippen LogP contribution in [0.3, 0.4) is 0 Å². The minimum absolute atomic E-state index is 0.0777. The van der Waals surface area contributed by atoms with E-state index in [2.05, 4.69) is 27.5 Å². The maximum atomic E-state index is 11.8. The van der Waals surface area contributed by atoms with Gasteiger partial charge in [-0.3, -0.25) is 19.9 Å². The molecule has 41 heavy (non-hydrogen) atoms. The average Bonchev–Trinajstić information content (AvgIpc) is 3.62. The Kier molecular flexibility index (Phi) is 11.0. The molecule has 0 spiro atoms. The molecule has 2 aliphatic heterocycles. The van der Waals surface area contributed by atoms with E-state index in [0.717, 1.165) is 39.8 Å². The summed E-state index contributed by atoms with van der Waals surface area (Å²) >= 11 is 0. The molecule has 1 unspecified atom stereocenters. The number of hydrogen-bond acceptors (Lipinski definition) is 7. The summed E-state index contributed by atoms with van der Waals surface area (Å²) in [6.45, 7) is 6.56. The largest absolute Gasteiger partial charge is 0.497 e. The van der Waals surface area contributed by atoms with Gasteiger partial charge in [-0.25, -0.2) is 4.79 Å². The lowest BCUT2D eigenvalue weighted by Gasteiger charge is -2.04. The first-order valence-electron chi connectivity index (χ1n) is 13.2. The molecule has 1 aromatic heterocycles. The van der Waals surface area contributed by atoms with Crippen molar-refractivity contribution in [2.75, 3.05) is 28.3 Å². The molecule has 1 fully saturated rings. The molecule has 1 saturated heterocycles. The van der Waals surface area contributed by atoms with Crippen LogP contribution in [0.5, 0.6) is 5.75 Å². The van der Waals surface area contributed by atoms with Gasteiger partial charge in [-0.05, 0) is 74.0 Å². The number of ether oxygens (including phenoxy) is 1. The second-order valence-corrected chi connectivity index (χ2v) is 9.43. The van der Waals surface area contributed by atoms with Crippen molar-refractivity contribution in [3.8, 4) is 5.75 Å². The maximum absolute atomic E-state index is 11.8. The lowest BCUT2D eigenvalue weighted by Crippen LogP contribution is -2.22. The molecular formula is C31H37N5O5. The molecule has 10 heteroatoms. The van der Waals surface area contributed by atoms with Crippen LogP contribution in [-0.2, 0) is 17.8 Å². The van der Waals surface area contributed by atoms with Gasteiger partial charge >= 0.3 is 6.03 Å². The second-order valence-electron chi connectivity index (χ2n) is 9.43. The molecule has 2 aromatic carbocycles. The number of aliphatic imine (C=N–C) groups is 1. The van der Waals surface area contributed by atoms with Crippen LogP contribution in [0.4, 0.5) is 4.79 Å². The Morgan fingerprint density at radius 3 is 2.59 bits per heavy atom. The van der Waals surface area contributed by atoms with Crippen molar-refractivity contribution in [2.45, 2.75) is 32.4 Å². The monoisotopic (exact) mass is 559 g/mol. The molecule has 3 N–H and O–H groups in total. The van der Waals surface area contributed by atoms with Crippen LogP contribution in [-0.4, -0.2) is 57.2 Å². The van der Waals surface area contributed by atoms with Gasteiger partial charge in [0, 0.05) is 37.0 Å². The summed E-state index contributed by atoms with van der Waals surface area (Å²) in [5, 5.41) is 8.36. The van der Waals surface area contributed by atoms with Crippen molar-refractivity contribution in [1.29, 1.82) is 0 Å². The Labute approximate surface area is 240 Å². The average molecular weight is 560 g/mol. The van der Waals surface area contributed by atoms with E-state index in [1.54, 1.807) is 43.5 Å². The number of fused-ring (bicyclic) bond motifs is 2. The van der Waals surface area contributed by atoms with Gasteiger partial charge in [0.05, 0.1) is 7.11 Å². The van der Waals surface area contributed by atoms with Crippen molar-refractivity contribution in [2.24, 2.45) is 4.99 Å². The summed E-state index contributed by atoms with van der Waals surface area (Å²) in [7, 11) is 7.15. The van der Waals surface area contributed by atoms with Crippen LogP contribution in [0, 0.1) is 0 Å². The van der Waals surface area contributed by atoms with Crippen LogP contribution in [0.1, 0.15) is 46.6 Å². The number of allylic oxidation sites excluding steroid dienone is 2. The van der Waals surface area contributed by atoms with Crippen LogP contribution >= 0.6 is 0 Å². The minimum Gasteiger partial charge on any atom is -0.497 e. The fourth-order valence-electron chi connectivity index (χ4n) is 4.20. The second kappa shape index (κ2) is 14.6. The number of methoxy groups -OCH3 is 1. The predicted molar refractivity (Wildman–Crippen MR) is 160 cm³/mol. The van der Waals surface area contributed by atoms with Crippen molar-refractivity contribution < 1.29 is 23.5 Å². The SMILES string of the molecule is C=C/C(=C\N=CCC)Cc1ccc2oc(C3NC(=O)NC3=O)cc2c1.CNC.COc1ccc2c(c1)C(=O)N(C)C2. The van der Waals surface area contributed by atoms with Gasteiger partial charge in [0.1, 0.15) is 17.1 Å². The molecule has 0 saturated carbocycles. The summed E-state index contributed by atoms with van der Waals surface area (Å²) in [5.74, 6) is 0.828. The molecule has 0 aliphatic carbocycles. The van der Waals surface area contributed by atoms with E-state index in [1.807, 2.05) is 57.6 Å². The van der Waals surface area contributed by atoms with E-state index in [4.69, 9.17) is 9.15 Å². The lowest BCUT2D eigenvalue weighted by atomic mass is 10.0. The number of carbonyl (C=O) groups excluding carboxylic acids is 3. The lowest BCUT2D eigenvalue weighted by molar-refractivity contribution is -0.120. The normalized spacial score (nSPS) is 16.0. The number of benzene rings is 2. The highest BCUT2D eigenvalue weighted by atomic mass is 16.5. The molecule has 5 rings (SSSR count). The molecule has 216 valence electrons. The summed E-state index contributed by atoms with van der Waals surface area (Å²) in [5.41, 5.74) is 4.60. The van der Waals surface area contributed by atoms with Crippen LogP contribution < -0.4 is 20.7 Å². The summed E-state index contributed by atoms with van der Waals surface area (Å²) in [4.78, 5) is 40.5.